The van der Waals surface area contributed by atoms with Crippen LogP contribution in [0.25, 0.3) is 0 Å². The second-order valence-electron chi connectivity index (χ2n) is 7.10. The van der Waals surface area contributed by atoms with Crippen LogP contribution in [0.3, 0.4) is 0 Å². The number of nitrogens with zero attached hydrogens (tertiary/aromatic N) is 2. The highest BCUT2D eigenvalue weighted by Crippen LogP contribution is 2.42. The maximum atomic E-state index is 12.0. The van der Waals surface area contributed by atoms with Crippen LogP contribution in [0.15, 0.2) is 60.7 Å². The van der Waals surface area contributed by atoms with E-state index >= 15 is 0 Å². The van der Waals surface area contributed by atoms with Crippen LogP contribution in [0.1, 0.15) is 30.5 Å². The highest BCUT2D eigenvalue weighted by Gasteiger charge is 2.51. The molecule has 6 nitrogen and oxygen atoms in total. The number of carbonyl (C=O) groups is 1. The van der Waals surface area contributed by atoms with Gasteiger partial charge in [-0.3, -0.25) is 19.8 Å². The lowest BCUT2D eigenvalue weighted by molar-refractivity contribution is -0.503. The van der Waals surface area contributed by atoms with Crippen LogP contribution < -0.4 is 0 Å². The zero-order chi connectivity index (χ0) is 19.3. The Labute approximate surface area is 158 Å². The number of esters is 1. The lowest BCUT2D eigenvalue weighted by Gasteiger charge is -2.51. The summed E-state index contributed by atoms with van der Waals surface area (Å²) in [6, 6.07) is 20.2. The molecule has 27 heavy (non-hydrogen) atoms. The zero-order valence-corrected chi connectivity index (χ0v) is 15.4. The molecule has 1 aliphatic rings. The van der Waals surface area contributed by atoms with E-state index in [0.717, 1.165) is 11.1 Å². The Morgan fingerprint density at radius 1 is 1.11 bits per heavy atom. The van der Waals surface area contributed by atoms with Crippen molar-refractivity contribution in [1.82, 2.24) is 4.90 Å². The quantitative estimate of drug-likeness (QED) is 0.406. The fourth-order valence-corrected chi connectivity index (χ4v) is 3.94. The number of hydrogen-bond acceptors (Lipinski definition) is 5. The number of benzene rings is 2. The van der Waals surface area contributed by atoms with Crippen LogP contribution in [0, 0.1) is 15.5 Å². The molecule has 2 aromatic carbocycles. The fourth-order valence-electron chi connectivity index (χ4n) is 3.94. The summed E-state index contributed by atoms with van der Waals surface area (Å²) in [5, 5.41) is 11.2. The van der Waals surface area contributed by atoms with E-state index in [0.29, 0.717) is 13.1 Å². The molecular formula is C21H24N2O4. The SMILES string of the molecule is CCOC(=O)CC1(C[N+](=O)[O-])CN(C(c2ccccc2)c2ccccc2)C1. The molecule has 0 spiro atoms. The van der Waals surface area contributed by atoms with Gasteiger partial charge in [0.2, 0.25) is 6.54 Å². The van der Waals surface area contributed by atoms with Crippen LogP contribution >= 0.6 is 0 Å². The van der Waals surface area contributed by atoms with Crippen molar-refractivity contribution in [3.8, 4) is 0 Å². The molecule has 0 radical (unpaired) electrons. The smallest absolute Gasteiger partial charge is 0.306 e. The summed E-state index contributed by atoms with van der Waals surface area (Å²) in [5.41, 5.74) is 1.60. The second kappa shape index (κ2) is 8.31. The highest BCUT2D eigenvalue weighted by molar-refractivity contribution is 5.70. The van der Waals surface area contributed by atoms with E-state index in [-0.39, 0.29) is 36.5 Å². The maximum Gasteiger partial charge on any atom is 0.306 e. The maximum absolute atomic E-state index is 12.0. The van der Waals surface area contributed by atoms with Crippen molar-refractivity contribution >= 4 is 5.97 Å². The van der Waals surface area contributed by atoms with Gasteiger partial charge in [-0.05, 0) is 18.1 Å². The first kappa shape index (κ1) is 19.0. The summed E-state index contributed by atoms with van der Waals surface area (Å²) in [5.74, 6) is -0.366. The number of nitro groups is 1. The third-order valence-corrected chi connectivity index (χ3v) is 4.96. The fraction of sp³-hybridized carbons (Fsp3) is 0.381. The van der Waals surface area contributed by atoms with Crippen LogP contribution in [0.5, 0.6) is 0 Å². The molecule has 0 unspecified atom stereocenters. The lowest BCUT2D eigenvalue weighted by atomic mass is 9.74. The summed E-state index contributed by atoms with van der Waals surface area (Å²) in [6.07, 6.45) is 0.0780. The second-order valence-corrected chi connectivity index (χ2v) is 7.10. The zero-order valence-electron chi connectivity index (χ0n) is 15.4. The molecule has 2 aromatic rings. The lowest BCUT2D eigenvalue weighted by Crippen LogP contribution is -2.61. The molecule has 142 valence electrons. The van der Waals surface area contributed by atoms with Gasteiger partial charge < -0.3 is 4.74 Å². The van der Waals surface area contributed by atoms with E-state index in [1.54, 1.807) is 6.92 Å². The van der Waals surface area contributed by atoms with Gasteiger partial charge in [0.15, 0.2) is 0 Å². The molecule has 0 amide bonds. The van der Waals surface area contributed by atoms with Gasteiger partial charge in [-0.25, -0.2) is 0 Å². The molecule has 6 heteroatoms. The Morgan fingerprint density at radius 2 is 1.63 bits per heavy atom. The molecule has 1 fully saturated rings. The monoisotopic (exact) mass is 368 g/mol. The Balaban J connectivity index is 1.83. The molecule has 0 aliphatic carbocycles. The molecule has 1 heterocycles. The Morgan fingerprint density at radius 3 is 2.07 bits per heavy atom. The highest BCUT2D eigenvalue weighted by atomic mass is 16.6. The van der Waals surface area contributed by atoms with Gasteiger partial charge in [0.1, 0.15) is 0 Å². The van der Waals surface area contributed by atoms with Crippen molar-refractivity contribution in [2.45, 2.75) is 19.4 Å². The van der Waals surface area contributed by atoms with Gasteiger partial charge in [-0.15, -0.1) is 0 Å². The third kappa shape index (κ3) is 4.52. The van der Waals surface area contributed by atoms with Gasteiger partial charge in [-0.2, -0.15) is 0 Å². The van der Waals surface area contributed by atoms with Crippen molar-refractivity contribution < 1.29 is 14.5 Å². The summed E-state index contributed by atoms with van der Waals surface area (Å²) < 4.78 is 5.04. The van der Waals surface area contributed by atoms with Crippen molar-refractivity contribution in [3.05, 3.63) is 81.9 Å². The molecule has 0 saturated carbocycles. The summed E-state index contributed by atoms with van der Waals surface area (Å²) in [7, 11) is 0. The molecule has 1 aliphatic heterocycles. The van der Waals surface area contributed by atoms with Crippen LogP contribution in [0.4, 0.5) is 0 Å². The van der Waals surface area contributed by atoms with Gasteiger partial charge in [0.25, 0.3) is 0 Å². The van der Waals surface area contributed by atoms with Crippen molar-refractivity contribution in [2.24, 2.45) is 5.41 Å². The van der Waals surface area contributed by atoms with E-state index in [9.17, 15) is 14.9 Å². The van der Waals surface area contributed by atoms with E-state index in [1.165, 1.54) is 0 Å². The molecule has 0 aromatic heterocycles. The number of rotatable bonds is 8. The number of hydrogen-bond donors (Lipinski definition) is 0. The van der Waals surface area contributed by atoms with Crippen molar-refractivity contribution in [1.29, 1.82) is 0 Å². The van der Waals surface area contributed by atoms with Gasteiger partial charge in [0.05, 0.1) is 24.5 Å². The molecule has 0 N–H and O–H groups in total. The predicted molar refractivity (Wildman–Crippen MR) is 102 cm³/mol. The predicted octanol–water partition coefficient (Wildman–Crippen LogP) is 3.31. The van der Waals surface area contributed by atoms with Crippen LogP contribution in [0.2, 0.25) is 0 Å². The summed E-state index contributed by atoms with van der Waals surface area (Å²) in [4.78, 5) is 25.1. The molecular weight excluding hydrogens is 344 g/mol. The van der Waals surface area contributed by atoms with E-state index in [1.807, 2.05) is 36.4 Å². The number of ether oxygens (including phenoxy) is 1. The topological polar surface area (TPSA) is 72.7 Å². The van der Waals surface area contributed by atoms with E-state index in [4.69, 9.17) is 4.74 Å². The average Bonchev–Trinajstić information content (AvgIpc) is 2.62. The Bertz CT molecular complexity index is 734. The van der Waals surface area contributed by atoms with Gasteiger partial charge in [-0.1, -0.05) is 60.7 Å². The van der Waals surface area contributed by atoms with E-state index in [2.05, 4.69) is 29.2 Å². The molecule has 0 bridgehead atoms. The standard InChI is InChI=1S/C21H24N2O4/c1-2-27-19(24)13-21(16-23(25)26)14-22(15-21)20(17-9-5-3-6-10-17)18-11-7-4-8-12-18/h3-12,20H,2,13-16H2,1H3. The number of likely N-dealkylation sites (tertiary alicyclic amines) is 1. The first-order valence-electron chi connectivity index (χ1n) is 9.14. The normalized spacial score (nSPS) is 15.9. The van der Waals surface area contributed by atoms with Crippen LogP contribution in [-0.2, 0) is 9.53 Å². The Hall–Kier alpha value is -2.73. The molecule has 1 saturated heterocycles. The van der Waals surface area contributed by atoms with Crippen LogP contribution in [-0.4, -0.2) is 42.0 Å². The largest absolute Gasteiger partial charge is 0.466 e. The van der Waals surface area contributed by atoms with E-state index < -0.39 is 5.41 Å². The third-order valence-electron chi connectivity index (χ3n) is 4.96. The first-order valence-corrected chi connectivity index (χ1v) is 9.14. The number of carbonyl (C=O) groups excluding carboxylic acids is 1. The summed E-state index contributed by atoms with van der Waals surface area (Å²) in [6.45, 7) is 2.78. The first-order chi connectivity index (χ1) is 13.0. The van der Waals surface area contributed by atoms with Crippen molar-refractivity contribution in [3.63, 3.8) is 0 Å². The summed E-state index contributed by atoms with van der Waals surface area (Å²) >= 11 is 0. The minimum Gasteiger partial charge on any atom is -0.466 e. The average molecular weight is 368 g/mol. The van der Waals surface area contributed by atoms with Crippen molar-refractivity contribution in [2.75, 3.05) is 26.2 Å². The minimum absolute atomic E-state index is 0.00877. The molecule has 0 atom stereocenters. The van der Waals surface area contributed by atoms with Gasteiger partial charge >= 0.3 is 5.97 Å². The Kier molecular flexibility index (Phi) is 5.86. The minimum atomic E-state index is -0.669. The van der Waals surface area contributed by atoms with Gasteiger partial charge in [0, 0.05) is 18.0 Å². The molecule has 3 rings (SSSR count).